The van der Waals surface area contributed by atoms with Gasteiger partial charge in [-0.05, 0) is 68.7 Å². The van der Waals surface area contributed by atoms with E-state index in [2.05, 4.69) is 36.6 Å². The van der Waals surface area contributed by atoms with Gasteiger partial charge in [-0.25, -0.2) is 4.79 Å². The fourth-order valence-electron chi connectivity index (χ4n) is 7.36. The van der Waals surface area contributed by atoms with Crippen molar-refractivity contribution in [3.8, 4) is 0 Å². The molecule has 11 heteroatoms. The molecule has 2 amide bonds. The van der Waals surface area contributed by atoms with Gasteiger partial charge in [0.25, 0.3) is 0 Å². The lowest BCUT2D eigenvalue weighted by molar-refractivity contribution is -0.190. The van der Waals surface area contributed by atoms with E-state index in [9.17, 15) is 19.5 Å². The number of carbonyl (C=O) groups excluding carboxylic acids is 3. The number of rotatable bonds is 18. The Morgan fingerprint density at radius 2 is 1.82 bits per heavy atom. The lowest BCUT2D eigenvalue weighted by Gasteiger charge is -2.31. The molecule has 0 bridgehead atoms. The van der Waals surface area contributed by atoms with Crippen LogP contribution in [0.25, 0.3) is 6.08 Å². The highest BCUT2D eigenvalue weighted by atomic mass is 16.8. The van der Waals surface area contributed by atoms with Crippen molar-refractivity contribution in [1.29, 1.82) is 0 Å². The minimum Gasteiger partial charge on any atom is -0.456 e. The minimum atomic E-state index is -1.25. The van der Waals surface area contributed by atoms with E-state index in [1.54, 1.807) is 12.1 Å². The smallest absolute Gasteiger partial charge is 0.338 e. The van der Waals surface area contributed by atoms with Crippen molar-refractivity contribution in [3.05, 3.63) is 53.1 Å². The molecule has 1 aromatic carbocycles. The van der Waals surface area contributed by atoms with Crippen molar-refractivity contribution >= 4 is 23.9 Å². The first-order valence-electron chi connectivity index (χ1n) is 18.7. The van der Waals surface area contributed by atoms with Crippen LogP contribution in [0.1, 0.15) is 114 Å². The Hall–Kier alpha value is -3.09. The van der Waals surface area contributed by atoms with Crippen LogP contribution in [0, 0.1) is 5.92 Å². The quantitative estimate of drug-likeness (QED) is 0.0968. The molecule has 0 spiro atoms. The molecule has 3 unspecified atom stereocenters. The second kappa shape index (κ2) is 17.9. The highest BCUT2D eigenvalue weighted by Gasteiger charge is 2.52. The third-order valence-electron chi connectivity index (χ3n) is 10.2. The molecule has 0 aromatic heterocycles. The number of benzene rings is 1. The van der Waals surface area contributed by atoms with Gasteiger partial charge in [-0.2, -0.15) is 0 Å². The molecule has 50 heavy (non-hydrogen) atoms. The largest absolute Gasteiger partial charge is 0.456 e. The number of hydrogen-bond donors (Lipinski definition) is 4. The van der Waals surface area contributed by atoms with Gasteiger partial charge in [0.2, 0.25) is 11.8 Å². The standard InChI is InChI=1S/C39H56N2O9/c1-4-6-8-17-39(18-9-7-5-2)49-33-24-29(36(44)41-34(25(3)43)37(45)40-19-20-42)23-32(35(33)50-39)48-38(46)28-12-10-11-26(21-28)13-14-27-15-16-30-31(22-27)47-30/h10-14,21,24-25,27,30-35,42-43H,4-9,15-20,22-23H2,1-3H3,(H,40,45)(H,41,44)/t25-,27?,30?,31?,32+,33+,34+,35-/m0/s1. The molecule has 276 valence electrons. The van der Waals surface area contributed by atoms with Crippen molar-refractivity contribution in [1.82, 2.24) is 10.6 Å². The van der Waals surface area contributed by atoms with Crippen LogP contribution in [0.5, 0.6) is 0 Å². The van der Waals surface area contributed by atoms with Crippen molar-refractivity contribution in [2.45, 2.75) is 146 Å². The number of carbonyl (C=O) groups is 3. The maximum atomic E-state index is 13.7. The molecule has 2 aliphatic heterocycles. The topological polar surface area (TPSA) is 156 Å². The van der Waals surface area contributed by atoms with Crippen molar-refractivity contribution in [3.63, 3.8) is 0 Å². The predicted molar refractivity (Wildman–Crippen MR) is 188 cm³/mol. The van der Waals surface area contributed by atoms with Crippen LogP contribution in [0.2, 0.25) is 0 Å². The van der Waals surface area contributed by atoms with E-state index in [1.807, 2.05) is 18.2 Å². The van der Waals surface area contributed by atoms with Gasteiger partial charge >= 0.3 is 5.97 Å². The van der Waals surface area contributed by atoms with E-state index in [4.69, 9.17) is 24.1 Å². The number of fused-ring (bicyclic) bond motifs is 2. The zero-order valence-corrected chi connectivity index (χ0v) is 29.8. The van der Waals surface area contributed by atoms with Crippen LogP contribution < -0.4 is 10.6 Å². The van der Waals surface area contributed by atoms with Gasteiger partial charge < -0.3 is 39.8 Å². The Morgan fingerprint density at radius 3 is 2.50 bits per heavy atom. The Labute approximate surface area is 296 Å². The molecule has 1 aromatic rings. The number of amides is 2. The number of allylic oxidation sites excluding steroid dienone is 1. The van der Waals surface area contributed by atoms with Crippen LogP contribution in [-0.2, 0) is 28.5 Å². The number of unbranched alkanes of at least 4 members (excludes halogenated alkanes) is 4. The van der Waals surface area contributed by atoms with Gasteiger partial charge in [-0.3, -0.25) is 9.59 Å². The van der Waals surface area contributed by atoms with E-state index < -0.39 is 54.0 Å². The Kier molecular flexibility index (Phi) is 13.7. The van der Waals surface area contributed by atoms with Gasteiger partial charge in [-0.15, -0.1) is 0 Å². The predicted octanol–water partition coefficient (Wildman–Crippen LogP) is 4.74. The Bertz CT molecular complexity index is 1370. The molecular formula is C39H56N2O9. The Balaban J connectivity index is 1.35. The molecule has 2 aliphatic carbocycles. The highest BCUT2D eigenvalue weighted by Crippen LogP contribution is 2.43. The molecule has 0 radical (unpaired) electrons. The summed E-state index contributed by atoms with van der Waals surface area (Å²) in [6.45, 7) is 5.40. The SMILES string of the molecule is CCCCCC1(CCCCC)O[C@@H]2[C@@H](C=C(C(=O)N[C@@H](C(=O)NCCO)[C@H](C)O)C[C@H]2OC(=O)c2cccc(C=CC3CCC4OC4C3)c2)O1. The summed E-state index contributed by atoms with van der Waals surface area (Å²) in [5.74, 6) is -2.14. The van der Waals surface area contributed by atoms with Crippen LogP contribution >= 0.6 is 0 Å². The average molecular weight is 697 g/mol. The van der Waals surface area contributed by atoms with Crippen LogP contribution in [0.3, 0.4) is 0 Å². The molecule has 1 saturated carbocycles. The first-order chi connectivity index (χ1) is 24.1. The number of aliphatic hydroxyl groups excluding tert-OH is 2. The summed E-state index contributed by atoms with van der Waals surface area (Å²) >= 11 is 0. The number of nitrogens with one attached hydrogen (secondary N) is 2. The van der Waals surface area contributed by atoms with E-state index >= 15 is 0 Å². The fraction of sp³-hybridized carbons (Fsp3) is 0.667. The van der Waals surface area contributed by atoms with Crippen LogP contribution in [-0.4, -0.2) is 89.6 Å². The van der Waals surface area contributed by atoms with Gasteiger partial charge in [0.15, 0.2) is 5.79 Å². The molecule has 3 fully saturated rings. The van der Waals surface area contributed by atoms with Crippen LogP contribution in [0.15, 0.2) is 42.0 Å². The molecule has 4 aliphatic rings. The maximum Gasteiger partial charge on any atom is 0.338 e. The van der Waals surface area contributed by atoms with Gasteiger partial charge in [0.05, 0.1) is 30.5 Å². The monoisotopic (exact) mass is 696 g/mol. The summed E-state index contributed by atoms with van der Waals surface area (Å²) in [6.07, 6.45) is 14.1. The van der Waals surface area contributed by atoms with E-state index in [-0.39, 0.29) is 25.1 Å². The van der Waals surface area contributed by atoms with Crippen molar-refractivity contribution < 1.29 is 43.5 Å². The number of epoxide rings is 1. The Morgan fingerprint density at radius 1 is 1.06 bits per heavy atom. The summed E-state index contributed by atoms with van der Waals surface area (Å²) in [6, 6.07) is 6.07. The second-order valence-electron chi connectivity index (χ2n) is 14.3. The molecule has 8 atom stereocenters. The summed E-state index contributed by atoms with van der Waals surface area (Å²) < 4.78 is 25.3. The third kappa shape index (κ3) is 10.0. The molecule has 2 saturated heterocycles. The average Bonchev–Trinajstić information content (AvgIpc) is 3.79. The highest BCUT2D eigenvalue weighted by molar-refractivity contribution is 5.97. The third-order valence-corrected chi connectivity index (χ3v) is 10.2. The lowest BCUT2D eigenvalue weighted by atomic mass is 9.88. The first kappa shape index (κ1) is 38.1. The van der Waals surface area contributed by atoms with Crippen LogP contribution in [0.4, 0.5) is 0 Å². The molecule has 11 nitrogen and oxygen atoms in total. The number of ether oxygens (including phenoxy) is 4. The second-order valence-corrected chi connectivity index (χ2v) is 14.3. The minimum absolute atomic E-state index is 0.0147. The number of aliphatic hydroxyl groups is 2. The van der Waals surface area contributed by atoms with Gasteiger partial charge in [0, 0.05) is 31.4 Å². The zero-order chi connectivity index (χ0) is 35.7. The lowest BCUT2D eigenvalue weighted by Crippen LogP contribution is -2.54. The summed E-state index contributed by atoms with van der Waals surface area (Å²) in [4.78, 5) is 40.1. The molecule has 2 heterocycles. The maximum absolute atomic E-state index is 13.7. The molecule has 5 rings (SSSR count). The van der Waals surface area contributed by atoms with Gasteiger partial charge in [-0.1, -0.05) is 63.8 Å². The van der Waals surface area contributed by atoms with Gasteiger partial charge in [0.1, 0.15) is 24.4 Å². The zero-order valence-electron chi connectivity index (χ0n) is 29.8. The molecule has 4 N–H and O–H groups in total. The summed E-state index contributed by atoms with van der Waals surface area (Å²) in [5.41, 5.74) is 1.57. The van der Waals surface area contributed by atoms with E-state index in [0.29, 0.717) is 36.5 Å². The van der Waals surface area contributed by atoms with E-state index in [0.717, 1.165) is 63.4 Å². The first-order valence-corrected chi connectivity index (χ1v) is 18.7. The summed E-state index contributed by atoms with van der Waals surface area (Å²) in [7, 11) is 0. The number of esters is 1. The van der Waals surface area contributed by atoms with E-state index in [1.165, 1.54) is 6.92 Å². The van der Waals surface area contributed by atoms with Crippen molar-refractivity contribution in [2.24, 2.45) is 5.92 Å². The number of hydrogen-bond acceptors (Lipinski definition) is 9. The van der Waals surface area contributed by atoms with Crippen molar-refractivity contribution in [2.75, 3.05) is 13.2 Å². The summed E-state index contributed by atoms with van der Waals surface area (Å²) in [5, 5.41) is 24.6. The fourth-order valence-corrected chi connectivity index (χ4v) is 7.36. The molecular weight excluding hydrogens is 640 g/mol. The normalized spacial score (nSPS) is 27.8.